The summed E-state index contributed by atoms with van der Waals surface area (Å²) in [6, 6.07) is 2.70. The third-order valence-corrected chi connectivity index (χ3v) is 4.22. The molecule has 1 unspecified atom stereocenters. The van der Waals surface area contributed by atoms with E-state index >= 15 is 0 Å². The highest BCUT2D eigenvalue weighted by Gasteiger charge is 2.39. The van der Waals surface area contributed by atoms with E-state index in [1.165, 1.54) is 31.5 Å². The van der Waals surface area contributed by atoms with Gasteiger partial charge in [0, 0.05) is 36.9 Å². The molecule has 0 bridgehead atoms. The molecule has 94 valence electrons. The molecule has 3 rings (SSSR count). The molecule has 17 heavy (non-hydrogen) atoms. The van der Waals surface area contributed by atoms with E-state index < -0.39 is 0 Å². The molecule has 1 saturated heterocycles. The lowest BCUT2D eigenvalue weighted by molar-refractivity contribution is 0.332. The Kier molecular flexibility index (Phi) is 2.71. The summed E-state index contributed by atoms with van der Waals surface area (Å²) >= 11 is 0. The smallest absolute Gasteiger partial charge is 0.0661 e. The zero-order valence-electron chi connectivity index (χ0n) is 10.6. The number of nitrogens with zero attached hydrogens (tertiary/aromatic N) is 3. The average molecular weight is 234 g/mol. The Morgan fingerprint density at radius 1 is 1.53 bits per heavy atom. The lowest BCUT2D eigenvalue weighted by atomic mass is 10.1. The highest BCUT2D eigenvalue weighted by atomic mass is 15.3. The van der Waals surface area contributed by atoms with Gasteiger partial charge >= 0.3 is 0 Å². The van der Waals surface area contributed by atoms with E-state index in [-0.39, 0.29) is 5.54 Å². The molecule has 1 atom stereocenters. The maximum absolute atomic E-state index is 6.21. The van der Waals surface area contributed by atoms with Crippen LogP contribution in [-0.4, -0.2) is 39.9 Å². The normalized spacial score (nSPS) is 27.5. The number of nitrogens with two attached hydrogens (primary N) is 1. The van der Waals surface area contributed by atoms with Crippen LogP contribution in [0.2, 0.25) is 0 Å². The molecule has 1 aromatic heterocycles. The Hall–Kier alpha value is -0.870. The molecule has 0 spiro atoms. The second-order valence-electron chi connectivity index (χ2n) is 5.64. The molecule has 4 heteroatoms. The number of rotatable bonds is 4. The molecule has 0 aromatic carbocycles. The third kappa shape index (κ3) is 2.24. The van der Waals surface area contributed by atoms with Crippen LogP contribution >= 0.6 is 0 Å². The summed E-state index contributed by atoms with van der Waals surface area (Å²) in [4.78, 5) is 2.49. The molecule has 0 radical (unpaired) electrons. The molecule has 4 nitrogen and oxygen atoms in total. The highest BCUT2D eigenvalue weighted by Crippen LogP contribution is 2.36. The van der Waals surface area contributed by atoms with Crippen molar-refractivity contribution in [3.8, 4) is 0 Å². The van der Waals surface area contributed by atoms with Gasteiger partial charge in [0.05, 0.1) is 6.04 Å². The van der Waals surface area contributed by atoms with Crippen LogP contribution in [0, 0.1) is 0 Å². The fourth-order valence-corrected chi connectivity index (χ4v) is 2.81. The van der Waals surface area contributed by atoms with E-state index in [1.807, 2.05) is 6.20 Å². The lowest BCUT2D eigenvalue weighted by Crippen LogP contribution is -2.28. The molecule has 2 fully saturated rings. The molecule has 2 heterocycles. The summed E-state index contributed by atoms with van der Waals surface area (Å²) in [7, 11) is 0. The number of likely N-dealkylation sites (tertiary alicyclic amines) is 1. The Balaban J connectivity index is 1.72. The predicted octanol–water partition coefficient (Wildman–Crippen LogP) is 1.18. The SMILES string of the molecule is CCN1CCC(n2nccc2CC2(N)CC2)C1. The van der Waals surface area contributed by atoms with Crippen molar-refractivity contribution in [3.05, 3.63) is 18.0 Å². The molecule has 1 aromatic rings. The van der Waals surface area contributed by atoms with Gasteiger partial charge in [0.1, 0.15) is 0 Å². The van der Waals surface area contributed by atoms with Crippen LogP contribution in [0.5, 0.6) is 0 Å². The predicted molar refractivity (Wildman–Crippen MR) is 67.9 cm³/mol. The van der Waals surface area contributed by atoms with Gasteiger partial charge in [-0.15, -0.1) is 0 Å². The zero-order chi connectivity index (χ0) is 11.9. The fourth-order valence-electron chi connectivity index (χ4n) is 2.81. The number of hydrogen-bond acceptors (Lipinski definition) is 3. The van der Waals surface area contributed by atoms with E-state index in [4.69, 9.17) is 5.73 Å². The van der Waals surface area contributed by atoms with Gasteiger partial charge < -0.3 is 10.6 Å². The van der Waals surface area contributed by atoms with Crippen LogP contribution in [0.25, 0.3) is 0 Å². The topological polar surface area (TPSA) is 47.1 Å². The molecule has 2 aliphatic rings. The van der Waals surface area contributed by atoms with Gasteiger partial charge in [-0.25, -0.2) is 0 Å². The lowest BCUT2D eigenvalue weighted by Gasteiger charge is -2.17. The average Bonchev–Trinajstić information content (AvgIpc) is 2.76. The molecule has 1 aliphatic heterocycles. The molecule has 2 N–H and O–H groups in total. The van der Waals surface area contributed by atoms with E-state index in [9.17, 15) is 0 Å². The van der Waals surface area contributed by atoms with Crippen molar-refractivity contribution in [1.82, 2.24) is 14.7 Å². The zero-order valence-corrected chi connectivity index (χ0v) is 10.6. The summed E-state index contributed by atoms with van der Waals surface area (Å²) in [6.45, 7) is 5.72. The van der Waals surface area contributed by atoms with E-state index in [2.05, 4.69) is 27.7 Å². The van der Waals surface area contributed by atoms with Gasteiger partial charge in [-0.05, 0) is 31.9 Å². The van der Waals surface area contributed by atoms with Crippen molar-refractivity contribution in [2.24, 2.45) is 5.73 Å². The quantitative estimate of drug-likeness (QED) is 0.851. The second-order valence-corrected chi connectivity index (χ2v) is 5.64. The summed E-state index contributed by atoms with van der Waals surface area (Å²) < 4.78 is 2.22. The monoisotopic (exact) mass is 234 g/mol. The number of aromatic nitrogens is 2. The van der Waals surface area contributed by atoms with Crippen LogP contribution in [0.15, 0.2) is 12.3 Å². The first-order chi connectivity index (χ1) is 8.20. The molecule has 0 amide bonds. The van der Waals surface area contributed by atoms with Crippen LogP contribution in [0.4, 0.5) is 0 Å². The molecule has 1 saturated carbocycles. The van der Waals surface area contributed by atoms with Crippen LogP contribution < -0.4 is 5.73 Å². The van der Waals surface area contributed by atoms with E-state index in [0.717, 1.165) is 19.5 Å². The first-order valence-electron chi connectivity index (χ1n) is 6.74. The van der Waals surface area contributed by atoms with Gasteiger partial charge in [0.2, 0.25) is 0 Å². The molecular formula is C13H22N4. The Morgan fingerprint density at radius 2 is 2.35 bits per heavy atom. The Labute approximate surface area is 103 Å². The van der Waals surface area contributed by atoms with Crippen LogP contribution in [-0.2, 0) is 6.42 Å². The maximum atomic E-state index is 6.21. The second kappa shape index (κ2) is 4.10. The van der Waals surface area contributed by atoms with Gasteiger partial charge in [-0.3, -0.25) is 4.68 Å². The van der Waals surface area contributed by atoms with Gasteiger partial charge in [-0.1, -0.05) is 6.92 Å². The maximum Gasteiger partial charge on any atom is 0.0661 e. The van der Waals surface area contributed by atoms with Crippen molar-refractivity contribution in [2.75, 3.05) is 19.6 Å². The molecule has 1 aliphatic carbocycles. The van der Waals surface area contributed by atoms with Crippen LogP contribution in [0.1, 0.15) is 37.9 Å². The minimum atomic E-state index is 0.0842. The van der Waals surface area contributed by atoms with E-state index in [0.29, 0.717) is 6.04 Å². The first kappa shape index (κ1) is 11.2. The van der Waals surface area contributed by atoms with Crippen LogP contribution in [0.3, 0.4) is 0 Å². The van der Waals surface area contributed by atoms with Crippen molar-refractivity contribution in [3.63, 3.8) is 0 Å². The standard InChI is InChI=1S/C13H22N4/c1-2-16-8-4-12(10-16)17-11(3-7-15-17)9-13(14)5-6-13/h3,7,12H,2,4-6,8-10,14H2,1H3. The minimum Gasteiger partial charge on any atom is -0.325 e. The summed E-state index contributed by atoms with van der Waals surface area (Å²) in [5.41, 5.74) is 7.62. The van der Waals surface area contributed by atoms with Crippen molar-refractivity contribution in [1.29, 1.82) is 0 Å². The number of hydrogen-bond donors (Lipinski definition) is 1. The van der Waals surface area contributed by atoms with Gasteiger partial charge in [-0.2, -0.15) is 5.10 Å². The van der Waals surface area contributed by atoms with Gasteiger partial charge in [0.15, 0.2) is 0 Å². The third-order valence-electron chi connectivity index (χ3n) is 4.22. The van der Waals surface area contributed by atoms with Crippen molar-refractivity contribution in [2.45, 2.75) is 44.2 Å². The van der Waals surface area contributed by atoms with Gasteiger partial charge in [0.25, 0.3) is 0 Å². The Morgan fingerprint density at radius 3 is 3.00 bits per heavy atom. The summed E-state index contributed by atoms with van der Waals surface area (Å²) in [6.07, 6.45) is 6.49. The van der Waals surface area contributed by atoms with Crippen molar-refractivity contribution < 1.29 is 0 Å². The molecular weight excluding hydrogens is 212 g/mol. The minimum absolute atomic E-state index is 0.0842. The van der Waals surface area contributed by atoms with E-state index in [1.54, 1.807) is 0 Å². The highest BCUT2D eigenvalue weighted by molar-refractivity contribution is 5.13. The Bertz CT molecular complexity index is 394. The summed E-state index contributed by atoms with van der Waals surface area (Å²) in [5, 5.41) is 4.51. The summed E-state index contributed by atoms with van der Waals surface area (Å²) in [5.74, 6) is 0. The number of likely N-dealkylation sites (N-methyl/N-ethyl adjacent to an activating group) is 1. The van der Waals surface area contributed by atoms with Crippen molar-refractivity contribution >= 4 is 0 Å². The largest absolute Gasteiger partial charge is 0.325 e. The fraction of sp³-hybridized carbons (Fsp3) is 0.769. The first-order valence-corrected chi connectivity index (χ1v) is 6.74.